The molecule has 0 saturated carbocycles. The topological polar surface area (TPSA) is 51.2 Å². The van der Waals surface area contributed by atoms with Gasteiger partial charge in [0.05, 0.1) is 11.3 Å². The molecular formula is C22H13F3N2O2. The Bertz CT molecular complexity index is 1120. The molecule has 0 bridgehead atoms. The maximum atomic E-state index is 14.2. The fraction of sp³-hybridized carbons (Fsp3) is 0.0909. The predicted octanol–water partition coefficient (Wildman–Crippen LogP) is 4.42. The van der Waals surface area contributed by atoms with Gasteiger partial charge in [0.1, 0.15) is 29.2 Å². The zero-order valence-corrected chi connectivity index (χ0v) is 14.8. The van der Waals surface area contributed by atoms with Gasteiger partial charge in [-0.15, -0.1) is 0 Å². The minimum absolute atomic E-state index is 0.309. The summed E-state index contributed by atoms with van der Waals surface area (Å²) in [5, 5.41) is 2.49. The van der Waals surface area contributed by atoms with Crippen molar-refractivity contribution in [2.75, 3.05) is 0 Å². The minimum Gasteiger partial charge on any atom is -0.438 e. The first kappa shape index (κ1) is 18.6. The summed E-state index contributed by atoms with van der Waals surface area (Å²) in [6, 6.07) is 14.3. The summed E-state index contributed by atoms with van der Waals surface area (Å²) in [7, 11) is 0. The van der Waals surface area contributed by atoms with E-state index in [1.54, 1.807) is 18.2 Å². The van der Waals surface area contributed by atoms with Crippen molar-refractivity contribution in [3.63, 3.8) is 0 Å². The van der Waals surface area contributed by atoms with E-state index < -0.39 is 41.3 Å². The molecule has 0 aliphatic carbocycles. The van der Waals surface area contributed by atoms with Gasteiger partial charge in [-0.1, -0.05) is 30.2 Å². The van der Waals surface area contributed by atoms with Crippen molar-refractivity contribution in [3.8, 4) is 11.8 Å². The Morgan fingerprint density at radius 1 is 0.931 bits per heavy atom. The number of nitrogens with one attached hydrogen (secondary N) is 1. The maximum Gasteiger partial charge on any atom is 0.408 e. The second-order valence-corrected chi connectivity index (χ2v) is 6.29. The molecule has 1 aliphatic rings. The molecule has 1 aliphatic heterocycles. The molecule has 3 aromatic rings. The van der Waals surface area contributed by atoms with Crippen LogP contribution in [0.1, 0.15) is 34.7 Å². The summed E-state index contributed by atoms with van der Waals surface area (Å²) in [6.45, 7) is 0. The number of ether oxygens (including phenoxy) is 1. The Morgan fingerprint density at radius 2 is 1.66 bits per heavy atom. The highest BCUT2D eigenvalue weighted by atomic mass is 19.1. The number of cyclic esters (lactones) is 1. The molecule has 1 aromatic heterocycles. The summed E-state index contributed by atoms with van der Waals surface area (Å²) >= 11 is 0. The highest BCUT2D eigenvalue weighted by molar-refractivity contribution is 5.71. The lowest BCUT2D eigenvalue weighted by atomic mass is 9.98. The molecule has 2 aromatic carbocycles. The quantitative estimate of drug-likeness (QED) is 0.655. The third kappa shape index (κ3) is 3.92. The minimum atomic E-state index is -1.34. The second-order valence-electron chi connectivity index (χ2n) is 6.29. The normalized spacial score (nSPS) is 17.8. The second kappa shape index (κ2) is 7.68. The molecule has 4 rings (SSSR count). The number of alkyl carbamates (subject to hydrolysis) is 1. The van der Waals surface area contributed by atoms with E-state index >= 15 is 0 Å². The van der Waals surface area contributed by atoms with E-state index in [-0.39, 0.29) is 0 Å². The molecule has 29 heavy (non-hydrogen) atoms. The number of rotatable bonds is 2. The summed E-state index contributed by atoms with van der Waals surface area (Å²) in [4.78, 5) is 16.2. The van der Waals surface area contributed by atoms with E-state index in [1.165, 1.54) is 0 Å². The molecule has 0 radical (unpaired) electrons. The van der Waals surface area contributed by atoms with E-state index in [1.807, 2.05) is 30.3 Å². The average Bonchev–Trinajstić information content (AvgIpc) is 3.08. The molecule has 1 fully saturated rings. The van der Waals surface area contributed by atoms with Crippen LogP contribution in [0.2, 0.25) is 0 Å². The Morgan fingerprint density at radius 3 is 2.38 bits per heavy atom. The average molecular weight is 394 g/mol. The molecule has 1 N–H and O–H groups in total. The Balaban J connectivity index is 1.69. The van der Waals surface area contributed by atoms with Crippen molar-refractivity contribution in [2.45, 2.75) is 12.1 Å². The van der Waals surface area contributed by atoms with Gasteiger partial charge in [0, 0.05) is 17.7 Å². The van der Waals surface area contributed by atoms with E-state index in [0.29, 0.717) is 23.5 Å². The molecule has 1 amide bonds. The van der Waals surface area contributed by atoms with Crippen LogP contribution in [-0.4, -0.2) is 11.1 Å². The number of nitrogens with zero attached hydrogens (tertiary/aromatic N) is 1. The van der Waals surface area contributed by atoms with Crippen molar-refractivity contribution in [1.82, 2.24) is 10.3 Å². The smallest absolute Gasteiger partial charge is 0.408 e. The maximum absolute atomic E-state index is 14.2. The lowest BCUT2D eigenvalue weighted by Crippen LogP contribution is -2.21. The third-order valence-electron chi connectivity index (χ3n) is 4.34. The highest BCUT2D eigenvalue weighted by Crippen LogP contribution is 2.38. The van der Waals surface area contributed by atoms with E-state index in [2.05, 4.69) is 22.1 Å². The van der Waals surface area contributed by atoms with Crippen molar-refractivity contribution < 1.29 is 22.7 Å². The first-order valence-electron chi connectivity index (χ1n) is 8.67. The lowest BCUT2D eigenvalue weighted by Gasteiger charge is -2.18. The van der Waals surface area contributed by atoms with Crippen LogP contribution in [0.15, 0.2) is 60.7 Å². The largest absolute Gasteiger partial charge is 0.438 e. The fourth-order valence-electron chi connectivity index (χ4n) is 3.05. The Hall–Kier alpha value is -3.79. The summed E-state index contributed by atoms with van der Waals surface area (Å²) in [6.07, 6.45) is -2.20. The number of benzene rings is 2. The Labute approximate surface area is 164 Å². The van der Waals surface area contributed by atoms with E-state index in [4.69, 9.17) is 4.74 Å². The lowest BCUT2D eigenvalue weighted by molar-refractivity contribution is 0.127. The van der Waals surface area contributed by atoms with Gasteiger partial charge in [0.25, 0.3) is 0 Å². The van der Waals surface area contributed by atoms with Gasteiger partial charge in [-0.05, 0) is 30.2 Å². The van der Waals surface area contributed by atoms with E-state index in [9.17, 15) is 18.0 Å². The molecule has 0 unspecified atom stereocenters. The zero-order valence-electron chi connectivity index (χ0n) is 14.8. The van der Waals surface area contributed by atoms with Crippen molar-refractivity contribution in [2.24, 2.45) is 0 Å². The van der Waals surface area contributed by atoms with Gasteiger partial charge in [-0.3, -0.25) is 0 Å². The van der Waals surface area contributed by atoms with Crippen LogP contribution >= 0.6 is 0 Å². The Kier molecular flexibility index (Phi) is 4.92. The van der Waals surface area contributed by atoms with Gasteiger partial charge in [-0.2, -0.15) is 0 Å². The summed E-state index contributed by atoms with van der Waals surface area (Å²) in [5.41, 5.74) is 0.970. The van der Waals surface area contributed by atoms with Gasteiger partial charge < -0.3 is 10.1 Å². The van der Waals surface area contributed by atoms with E-state index in [0.717, 1.165) is 5.56 Å². The van der Waals surface area contributed by atoms with Crippen LogP contribution in [0.3, 0.4) is 0 Å². The molecule has 7 heteroatoms. The first-order chi connectivity index (χ1) is 14.0. The number of hydrogen-bond donors (Lipinski definition) is 1. The fourth-order valence-corrected chi connectivity index (χ4v) is 3.05. The van der Waals surface area contributed by atoms with Crippen molar-refractivity contribution >= 4 is 6.09 Å². The third-order valence-corrected chi connectivity index (χ3v) is 4.34. The highest BCUT2D eigenvalue weighted by Gasteiger charge is 2.40. The number of halogens is 3. The van der Waals surface area contributed by atoms with Crippen molar-refractivity contribution in [1.29, 1.82) is 0 Å². The number of pyridine rings is 1. The number of carbonyl (C=O) groups excluding carboxylic acids is 1. The van der Waals surface area contributed by atoms with Gasteiger partial charge >= 0.3 is 6.09 Å². The van der Waals surface area contributed by atoms with Crippen molar-refractivity contribution in [3.05, 3.63) is 101 Å². The first-order valence-corrected chi connectivity index (χ1v) is 8.67. The van der Waals surface area contributed by atoms with Crippen LogP contribution in [-0.2, 0) is 4.74 Å². The monoisotopic (exact) mass is 394 g/mol. The van der Waals surface area contributed by atoms with Gasteiger partial charge in [0.2, 0.25) is 0 Å². The van der Waals surface area contributed by atoms with Crippen LogP contribution in [0.4, 0.5) is 18.0 Å². The van der Waals surface area contributed by atoms with Gasteiger partial charge in [-0.25, -0.2) is 22.9 Å². The molecule has 2 atom stereocenters. The van der Waals surface area contributed by atoms with Crippen LogP contribution < -0.4 is 5.32 Å². The van der Waals surface area contributed by atoms with Crippen LogP contribution in [0, 0.1) is 29.3 Å². The number of aromatic nitrogens is 1. The van der Waals surface area contributed by atoms with Gasteiger partial charge in [0.15, 0.2) is 6.10 Å². The zero-order chi connectivity index (χ0) is 20.4. The molecule has 0 spiro atoms. The van der Waals surface area contributed by atoms with Crippen LogP contribution in [0.5, 0.6) is 0 Å². The molecule has 4 nitrogen and oxygen atoms in total. The molecule has 2 heterocycles. The molecule has 1 saturated heterocycles. The SMILES string of the molecule is O=C1N[C@H](c2cccc(C#Cc3ccccc3)n2)[C@@H](c2c(F)cc(F)cc2F)O1. The van der Waals surface area contributed by atoms with Crippen LogP contribution in [0.25, 0.3) is 0 Å². The summed E-state index contributed by atoms with van der Waals surface area (Å²) < 4.78 is 46.7. The summed E-state index contributed by atoms with van der Waals surface area (Å²) in [5.74, 6) is 2.52. The molecular weight excluding hydrogens is 381 g/mol. The number of carbonyl (C=O) groups is 1. The standard InChI is InChI=1S/C22H13F3N2O2/c23-14-11-16(24)19(17(25)12-14)21-20(27-22(28)29-21)18-8-4-7-15(26-18)10-9-13-5-2-1-3-6-13/h1-8,11-12,20-21H,(H,27,28)/t20-,21-/m1/s1. The number of hydrogen-bond acceptors (Lipinski definition) is 3. The molecule has 144 valence electrons. The predicted molar refractivity (Wildman–Crippen MR) is 98.1 cm³/mol. The number of amides is 1.